The van der Waals surface area contributed by atoms with Crippen LogP contribution in [-0.2, 0) is 7.05 Å². The summed E-state index contributed by atoms with van der Waals surface area (Å²) >= 11 is 0. The van der Waals surface area contributed by atoms with Gasteiger partial charge >= 0.3 is 0 Å². The summed E-state index contributed by atoms with van der Waals surface area (Å²) in [4.78, 5) is 0. The molecule has 0 saturated carbocycles. The number of alkyl halides is 2. The van der Waals surface area contributed by atoms with Gasteiger partial charge < -0.3 is 5.11 Å². The first-order valence-corrected chi connectivity index (χ1v) is 3.93. The van der Waals surface area contributed by atoms with Crippen molar-refractivity contribution in [2.75, 3.05) is 0 Å². The predicted octanol–water partition coefficient (Wildman–Crippen LogP) is 1.30. The number of aliphatic hydroxyl groups excluding tert-OH is 1. The summed E-state index contributed by atoms with van der Waals surface area (Å²) in [5.74, 6) is 0. The van der Waals surface area contributed by atoms with Crippen molar-refractivity contribution in [2.24, 2.45) is 7.05 Å². The van der Waals surface area contributed by atoms with Gasteiger partial charge in [-0.3, -0.25) is 4.68 Å². The first-order chi connectivity index (χ1) is 6.56. The second kappa shape index (κ2) is 4.15. The lowest BCUT2D eigenvalue weighted by molar-refractivity contribution is 0.133. The molecule has 0 aliphatic carbocycles. The molecule has 76 valence electrons. The standard InChI is InChI=1S/C8H9F2N3O/c1-13-4-5(6(14)2-3-11)7(12-13)8(9)10/h4,6,8,14H,2H2,1H3. The van der Waals surface area contributed by atoms with E-state index in [1.165, 1.54) is 17.9 Å². The summed E-state index contributed by atoms with van der Waals surface area (Å²) in [5, 5.41) is 21.2. The Bertz CT molecular complexity index is 356. The molecule has 0 fully saturated rings. The van der Waals surface area contributed by atoms with Gasteiger partial charge in [0.2, 0.25) is 0 Å². The Labute approximate surface area is 79.4 Å². The molecule has 1 aromatic heterocycles. The van der Waals surface area contributed by atoms with Crippen LogP contribution in [0.2, 0.25) is 0 Å². The fourth-order valence-corrected chi connectivity index (χ4v) is 1.15. The molecule has 0 aliphatic rings. The minimum absolute atomic E-state index is 0.0176. The zero-order valence-corrected chi connectivity index (χ0v) is 7.48. The first-order valence-electron chi connectivity index (χ1n) is 3.93. The largest absolute Gasteiger partial charge is 0.387 e. The molecule has 0 saturated heterocycles. The number of hydrogen-bond acceptors (Lipinski definition) is 3. The van der Waals surface area contributed by atoms with Gasteiger partial charge in [-0.1, -0.05) is 0 Å². The number of aryl methyl sites for hydroxylation is 1. The van der Waals surface area contributed by atoms with E-state index in [0.29, 0.717) is 0 Å². The highest BCUT2D eigenvalue weighted by Gasteiger charge is 2.22. The Kier molecular flexibility index (Phi) is 3.14. The minimum Gasteiger partial charge on any atom is -0.387 e. The Morgan fingerprint density at radius 2 is 2.36 bits per heavy atom. The van der Waals surface area contributed by atoms with Crippen LogP contribution in [0.1, 0.15) is 30.2 Å². The summed E-state index contributed by atoms with van der Waals surface area (Å²) in [6, 6.07) is 1.71. The fraction of sp³-hybridized carbons (Fsp3) is 0.500. The van der Waals surface area contributed by atoms with Crippen molar-refractivity contribution >= 4 is 0 Å². The molecule has 6 heteroatoms. The molecule has 1 unspecified atom stereocenters. The summed E-state index contributed by atoms with van der Waals surface area (Å²) in [7, 11) is 1.48. The van der Waals surface area contributed by atoms with Crippen molar-refractivity contribution in [1.29, 1.82) is 5.26 Å². The van der Waals surface area contributed by atoms with Gasteiger partial charge in [0.15, 0.2) is 0 Å². The zero-order chi connectivity index (χ0) is 10.7. The summed E-state index contributed by atoms with van der Waals surface area (Å²) in [5.41, 5.74) is -0.445. The third kappa shape index (κ3) is 2.06. The number of rotatable bonds is 3. The molecule has 1 aromatic rings. The fourth-order valence-electron chi connectivity index (χ4n) is 1.15. The van der Waals surface area contributed by atoms with Crippen molar-refractivity contribution < 1.29 is 13.9 Å². The molecule has 0 amide bonds. The highest BCUT2D eigenvalue weighted by molar-refractivity contribution is 5.21. The van der Waals surface area contributed by atoms with Crippen LogP contribution in [0.3, 0.4) is 0 Å². The molecule has 0 radical (unpaired) electrons. The predicted molar refractivity (Wildman–Crippen MR) is 43.4 cm³/mol. The second-order valence-corrected chi connectivity index (χ2v) is 2.82. The molecule has 1 N–H and O–H groups in total. The average molecular weight is 201 g/mol. The van der Waals surface area contributed by atoms with E-state index in [1.54, 1.807) is 6.07 Å². The van der Waals surface area contributed by atoms with E-state index in [-0.39, 0.29) is 12.0 Å². The van der Waals surface area contributed by atoms with Crippen molar-refractivity contribution in [2.45, 2.75) is 19.0 Å². The Balaban J connectivity index is 3.01. The van der Waals surface area contributed by atoms with Crippen molar-refractivity contribution in [3.8, 4) is 6.07 Å². The smallest absolute Gasteiger partial charge is 0.282 e. The van der Waals surface area contributed by atoms with Crippen molar-refractivity contribution in [3.63, 3.8) is 0 Å². The van der Waals surface area contributed by atoms with Crippen LogP contribution in [0.25, 0.3) is 0 Å². The number of halogens is 2. The normalized spacial score (nSPS) is 12.9. The second-order valence-electron chi connectivity index (χ2n) is 2.82. The maximum absolute atomic E-state index is 12.4. The minimum atomic E-state index is -2.74. The average Bonchev–Trinajstić information content (AvgIpc) is 2.48. The van der Waals surface area contributed by atoms with E-state index in [1.807, 2.05) is 0 Å². The van der Waals surface area contributed by atoms with Crippen LogP contribution in [-0.4, -0.2) is 14.9 Å². The van der Waals surface area contributed by atoms with E-state index < -0.39 is 18.2 Å². The zero-order valence-electron chi connectivity index (χ0n) is 7.48. The van der Waals surface area contributed by atoms with Gasteiger partial charge in [-0.05, 0) is 0 Å². The van der Waals surface area contributed by atoms with Gasteiger partial charge in [-0.2, -0.15) is 10.4 Å². The highest BCUT2D eigenvalue weighted by Crippen LogP contribution is 2.27. The summed E-state index contributed by atoms with van der Waals surface area (Å²) in [6.45, 7) is 0. The van der Waals surface area contributed by atoms with Gasteiger partial charge in [0, 0.05) is 18.8 Å². The number of aliphatic hydroxyl groups is 1. The van der Waals surface area contributed by atoms with E-state index >= 15 is 0 Å². The molecule has 1 heterocycles. The maximum atomic E-state index is 12.4. The van der Waals surface area contributed by atoms with Crippen LogP contribution in [0.15, 0.2) is 6.20 Å². The third-order valence-electron chi connectivity index (χ3n) is 1.74. The molecular weight excluding hydrogens is 192 g/mol. The van der Waals surface area contributed by atoms with E-state index in [0.717, 1.165) is 0 Å². The van der Waals surface area contributed by atoms with E-state index in [9.17, 15) is 13.9 Å². The van der Waals surface area contributed by atoms with E-state index in [2.05, 4.69) is 5.10 Å². The molecule has 0 aliphatic heterocycles. The quantitative estimate of drug-likeness (QED) is 0.801. The Morgan fingerprint density at radius 1 is 1.71 bits per heavy atom. The molecule has 4 nitrogen and oxygen atoms in total. The third-order valence-corrected chi connectivity index (χ3v) is 1.74. The molecule has 0 spiro atoms. The number of nitrogens with zero attached hydrogens (tertiary/aromatic N) is 3. The molecule has 0 aromatic carbocycles. The Hall–Kier alpha value is -1.48. The van der Waals surface area contributed by atoms with Gasteiger partial charge in [0.1, 0.15) is 5.69 Å². The van der Waals surface area contributed by atoms with Gasteiger partial charge in [-0.25, -0.2) is 8.78 Å². The van der Waals surface area contributed by atoms with E-state index in [4.69, 9.17) is 5.26 Å². The van der Waals surface area contributed by atoms with Crippen LogP contribution in [0, 0.1) is 11.3 Å². The summed E-state index contributed by atoms with van der Waals surface area (Å²) in [6.07, 6.45) is -2.85. The van der Waals surface area contributed by atoms with Crippen molar-refractivity contribution in [1.82, 2.24) is 9.78 Å². The van der Waals surface area contributed by atoms with Crippen LogP contribution < -0.4 is 0 Å². The van der Waals surface area contributed by atoms with Gasteiger partial charge in [-0.15, -0.1) is 0 Å². The molecule has 0 bridgehead atoms. The number of aromatic nitrogens is 2. The lowest BCUT2D eigenvalue weighted by Crippen LogP contribution is -1.99. The maximum Gasteiger partial charge on any atom is 0.282 e. The van der Waals surface area contributed by atoms with Gasteiger partial charge in [0.25, 0.3) is 6.43 Å². The van der Waals surface area contributed by atoms with Crippen molar-refractivity contribution in [3.05, 3.63) is 17.5 Å². The lowest BCUT2D eigenvalue weighted by atomic mass is 10.1. The number of hydrogen-bond donors (Lipinski definition) is 1. The van der Waals surface area contributed by atoms with Crippen LogP contribution in [0.4, 0.5) is 8.78 Å². The Morgan fingerprint density at radius 3 is 2.86 bits per heavy atom. The van der Waals surface area contributed by atoms with Crippen LogP contribution >= 0.6 is 0 Å². The topological polar surface area (TPSA) is 61.8 Å². The SMILES string of the molecule is Cn1cc(C(O)CC#N)c(C(F)F)n1. The molecular formula is C8H9F2N3O. The monoisotopic (exact) mass is 201 g/mol. The molecule has 1 rings (SSSR count). The van der Waals surface area contributed by atoms with Gasteiger partial charge in [0.05, 0.1) is 18.6 Å². The van der Waals surface area contributed by atoms with Crippen LogP contribution in [0.5, 0.6) is 0 Å². The lowest BCUT2D eigenvalue weighted by Gasteiger charge is -2.04. The highest BCUT2D eigenvalue weighted by atomic mass is 19.3. The molecule has 1 atom stereocenters. The molecule has 14 heavy (non-hydrogen) atoms. The first kappa shape index (κ1) is 10.6. The number of nitriles is 1. The summed E-state index contributed by atoms with van der Waals surface area (Å²) < 4.78 is 25.9.